The molecule has 0 aliphatic carbocycles. The van der Waals surface area contributed by atoms with Crippen molar-refractivity contribution in [3.63, 3.8) is 0 Å². The number of carboxylic acid groups (broad SMARTS) is 1. The van der Waals surface area contributed by atoms with Crippen LogP contribution in [0.3, 0.4) is 0 Å². The number of aromatic carboxylic acids is 1. The Morgan fingerprint density at radius 2 is 2.06 bits per heavy atom. The number of aryl methyl sites for hydroxylation is 1. The minimum atomic E-state index is -1.05. The van der Waals surface area contributed by atoms with Crippen molar-refractivity contribution >= 4 is 17.5 Å². The van der Waals surface area contributed by atoms with Crippen LogP contribution in [0.4, 0.5) is 11.5 Å². The van der Waals surface area contributed by atoms with E-state index in [9.17, 15) is 4.79 Å². The van der Waals surface area contributed by atoms with Gasteiger partial charge in [0, 0.05) is 11.9 Å². The summed E-state index contributed by atoms with van der Waals surface area (Å²) < 4.78 is 0. The van der Waals surface area contributed by atoms with Crippen LogP contribution in [0.2, 0.25) is 0 Å². The van der Waals surface area contributed by atoms with Gasteiger partial charge in [0.1, 0.15) is 17.7 Å². The lowest BCUT2D eigenvalue weighted by Crippen LogP contribution is -2.05. The molecule has 0 spiro atoms. The first-order valence-corrected chi connectivity index (χ1v) is 5.60. The second kappa shape index (κ2) is 5.27. The van der Waals surface area contributed by atoms with Crippen molar-refractivity contribution < 1.29 is 9.90 Å². The van der Waals surface area contributed by atoms with E-state index in [4.69, 9.17) is 5.11 Å². The van der Waals surface area contributed by atoms with Gasteiger partial charge in [0.25, 0.3) is 0 Å². The van der Waals surface area contributed by atoms with E-state index in [1.165, 1.54) is 18.1 Å². The van der Waals surface area contributed by atoms with Gasteiger partial charge in [-0.15, -0.1) is 0 Å². The number of aromatic nitrogens is 2. The van der Waals surface area contributed by atoms with Gasteiger partial charge < -0.3 is 10.4 Å². The van der Waals surface area contributed by atoms with Crippen LogP contribution in [0.5, 0.6) is 0 Å². The Balaban J connectivity index is 2.25. The highest BCUT2D eigenvalue weighted by Crippen LogP contribution is 2.18. The fourth-order valence-corrected chi connectivity index (χ4v) is 1.55. The molecule has 0 amide bonds. The molecule has 18 heavy (non-hydrogen) atoms. The number of carbonyl (C=O) groups is 1. The van der Waals surface area contributed by atoms with Gasteiger partial charge in [-0.3, -0.25) is 0 Å². The van der Waals surface area contributed by atoms with E-state index in [0.29, 0.717) is 5.82 Å². The number of carboxylic acids is 1. The molecule has 0 unspecified atom stereocenters. The minimum absolute atomic E-state index is 0.0528. The number of benzene rings is 1. The van der Waals surface area contributed by atoms with E-state index in [-0.39, 0.29) is 5.56 Å². The zero-order valence-corrected chi connectivity index (χ0v) is 9.92. The molecule has 5 heteroatoms. The van der Waals surface area contributed by atoms with Crippen molar-refractivity contribution in [3.05, 3.63) is 47.9 Å². The van der Waals surface area contributed by atoms with E-state index in [1.54, 1.807) is 0 Å². The molecular formula is C13H13N3O2. The first-order valence-electron chi connectivity index (χ1n) is 5.60. The standard InChI is InChI=1S/C13H13N3O2/c1-2-9-3-5-10(6-4-9)16-12-11(13(17)18)7-14-8-15-12/h3-8H,2H2,1H3,(H,17,18)(H,14,15,16). The lowest BCUT2D eigenvalue weighted by atomic mass is 10.1. The highest BCUT2D eigenvalue weighted by Gasteiger charge is 2.11. The van der Waals surface area contributed by atoms with Crippen LogP contribution in [0.15, 0.2) is 36.8 Å². The van der Waals surface area contributed by atoms with Gasteiger partial charge in [-0.1, -0.05) is 19.1 Å². The van der Waals surface area contributed by atoms with Gasteiger partial charge in [0.15, 0.2) is 0 Å². The molecule has 2 aromatic rings. The second-order valence-corrected chi connectivity index (χ2v) is 3.77. The Labute approximate surface area is 105 Å². The van der Waals surface area contributed by atoms with Gasteiger partial charge in [0.05, 0.1) is 0 Å². The number of nitrogens with zero attached hydrogens (tertiary/aromatic N) is 2. The normalized spacial score (nSPS) is 10.1. The first kappa shape index (κ1) is 12.0. The van der Waals surface area contributed by atoms with Crippen LogP contribution in [-0.2, 0) is 6.42 Å². The van der Waals surface area contributed by atoms with Crippen molar-refractivity contribution in [2.75, 3.05) is 5.32 Å². The SMILES string of the molecule is CCc1ccc(Nc2ncncc2C(=O)O)cc1. The van der Waals surface area contributed by atoms with Gasteiger partial charge >= 0.3 is 5.97 Å². The Hall–Kier alpha value is -2.43. The van der Waals surface area contributed by atoms with Crippen LogP contribution in [-0.4, -0.2) is 21.0 Å². The predicted octanol–water partition coefficient (Wildman–Crippen LogP) is 2.48. The summed E-state index contributed by atoms with van der Waals surface area (Å²) in [7, 11) is 0. The third-order valence-electron chi connectivity index (χ3n) is 2.57. The Morgan fingerprint density at radius 3 is 2.67 bits per heavy atom. The topological polar surface area (TPSA) is 75.1 Å². The number of rotatable bonds is 4. The molecule has 0 bridgehead atoms. The smallest absolute Gasteiger partial charge is 0.341 e. The van der Waals surface area contributed by atoms with Crippen LogP contribution in [0, 0.1) is 0 Å². The molecule has 92 valence electrons. The second-order valence-electron chi connectivity index (χ2n) is 3.77. The van der Waals surface area contributed by atoms with Crippen molar-refractivity contribution in [2.45, 2.75) is 13.3 Å². The molecule has 2 N–H and O–H groups in total. The molecule has 0 aliphatic heterocycles. The number of nitrogens with one attached hydrogen (secondary N) is 1. The van der Waals surface area contributed by atoms with Gasteiger partial charge in [0.2, 0.25) is 0 Å². The van der Waals surface area contributed by atoms with E-state index < -0.39 is 5.97 Å². The summed E-state index contributed by atoms with van der Waals surface area (Å²) >= 11 is 0. The molecule has 0 atom stereocenters. The number of hydrogen-bond acceptors (Lipinski definition) is 4. The lowest BCUT2D eigenvalue weighted by Gasteiger charge is -2.08. The monoisotopic (exact) mass is 243 g/mol. The van der Waals surface area contributed by atoms with Gasteiger partial charge in [-0.05, 0) is 24.1 Å². The van der Waals surface area contributed by atoms with E-state index in [0.717, 1.165) is 12.1 Å². The van der Waals surface area contributed by atoms with Crippen molar-refractivity contribution in [1.82, 2.24) is 9.97 Å². The third kappa shape index (κ3) is 2.63. The molecule has 2 rings (SSSR count). The molecular weight excluding hydrogens is 230 g/mol. The Kier molecular flexibility index (Phi) is 3.52. The van der Waals surface area contributed by atoms with E-state index in [1.807, 2.05) is 24.3 Å². The average molecular weight is 243 g/mol. The van der Waals surface area contributed by atoms with Gasteiger partial charge in [-0.25, -0.2) is 14.8 Å². The van der Waals surface area contributed by atoms with Gasteiger partial charge in [-0.2, -0.15) is 0 Å². The van der Waals surface area contributed by atoms with Crippen LogP contribution in [0.1, 0.15) is 22.8 Å². The number of anilines is 2. The van der Waals surface area contributed by atoms with E-state index in [2.05, 4.69) is 22.2 Å². The molecule has 1 aromatic carbocycles. The van der Waals surface area contributed by atoms with Crippen molar-refractivity contribution in [2.24, 2.45) is 0 Å². The first-order chi connectivity index (χ1) is 8.70. The maximum Gasteiger partial charge on any atom is 0.341 e. The maximum absolute atomic E-state index is 11.0. The quantitative estimate of drug-likeness (QED) is 0.862. The molecule has 0 fully saturated rings. The zero-order chi connectivity index (χ0) is 13.0. The highest BCUT2D eigenvalue weighted by atomic mass is 16.4. The highest BCUT2D eigenvalue weighted by molar-refractivity contribution is 5.93. The summed E-state index contributed by atoms with van der Waals surface area (Å²) in [5.41, 5.74) is 2.08. The summed E-state index contributed by atoms with van der Waals surface area (Å²) in [6, 6.07) is 7.77. The van der Waals surface area contributed by atoms with Crippen molar-refractivity contribution in [3.8, 4) is 0 Å². The predicted molar refractivity (Wildman–Crippen MR) is 68.1 cm³/mol. The summed E-state index contributed by atoms with van der Waals surface area (Å²) in [4.78, 5) is 18.6. The van der Waals surface area contributed by atoms with Crippen LogP contribution < -0.4 is 5.32 Å². The Bertz CT molecular complexity index is 552. The molecule has 0 saturated heterocycles. The summed E-state index contributed by atoms with van der Waals surface area (Å²) in [5, 5.41) is 12.0. The maximum atomic E-state index is 11.0. The zero-order valence-electron chi connectivity index (χ0n) is 9.92. The summed E-state index contributed by atoms with van der Waals surface area (Å²) in [5.74, 6) is -0.759. The molecule has 1 heterocycles. The Morgan fingerprint density at radius 1 is 1.33 bits per heavy atom. The van der Waals surface area contributed by atoms with Crippen LogP contribution >= 0.6 is 0 Å². The van der Waals surface area contributed by atoms with Crippen molar-refractivity contribution in [1.29, 1.82) is 0 Å². The molecule has 1 aromatic heterocycles. The number of hydrogen-bond donors (Lipinski definition) is 2. The minimum Gasteiger partial charge on any atom is -0.477 e. The molecule has 0 aliphatic rings. The largest absolute Gasteiger partial charge is 0.477 e. The van der Waals surface area contributed by atoms with Crippen LogP contribution in [0.25, 0.3) is 0 Å². The summed E-state index contributed by atoms with van der Waals surface area (Å²) in [6.45, 7) is 2.08. The van der Waals surface area contributed by atoms with E-state index >= 15 is 0 Å². The molecule has 5 nitrogen and oxygen atoms in total. The summed E-state index contributed by atoms with van der Waals surface area (Å²) in [6.07, 6.45) is 3.56. The lowest BCUT2D eigenvalue weighted by molar-refractivity contribution is 0.0697. The third-order valence-corrected chi connectivity index (χ3v) is 2.57. The average Bonchev–Trinajstić information content (AvgIpc) is 2.40. The molecule has 0 saturated carbocycles. The molecule has 0 radical (unpaired) electrons. The fourth-order valence-electron chi connectivity index (χ4n) is 1.55. The fraction of sp³-hybridized carbons (Fsp3) is 0.154.